The molecule has 1 saturated heterocycles. The Hall–Kier alpha value is -1.87. The van der Waals surface area contributed by atoms with E-state index in [9.17, 15) is 0 Å². The summed E-state index contributed by atoms with van der Waals surface area (Å²) >= 11 is 0. The Morgan fingerprint density at radius 1 is 1.07 bits per heavy atom. The molecule has 0 bridgehead atoms. The van der Waals surface area contributed by atoms with Crippen LogP contribution in [0.3, 0.4) is 0 Å². The first kappa shape index (κ1) is 22.4. The lowest BCUT2D eigenvalue weighted by Gasteiger charge is -2.37. The van der Waals surface area contributed by atoms with E-state index in [1.54, 1.807) is 0 Å². The molecule has 2 heterocycles. The van der Waals surface area contributed by atoms with E-state index in [2.05, 4.69) is 55.4 Å². The molecule has 0 amide bonds. The number of benzene rings is 1. The Balaban J connectivity index is 0.00000280. The molecule has 0 atom stereocenters. The number of aromatic nitrogens is 1. The molecule has 1 aromatic carbocycles. The van der Waals surface area contributed by atoms with Gasteiger partial charge in [0.2, 0.25) is 0 Å². The van der Waals surface area contributed by atoms with Gasteiger partial charge in [-0.25, -0.2) is 4.98 Å². The second kappa shape index (κ2) is 11.9. The van der Waals surface area contributed by atoms with Crippen LogP contribution in [-0.4, -0.2) is 55.7 Å². The number of anilines is 1. The average molecular weight is 495 g/mol. The highest BCUT2D eigenvalue weighted by molar-refractivity contribution is 14.0. The lowest BCUT2D eigenvalue weighted by atomic mass is 10.1. The van der Waals surface area contributed by atoms with Gasteiger partial charge >= 0.3 is 0 Å². The third-order valence-electron chi connectivity index (χ3n) is 4.78. The number of piperazine rings is 1. The second-order valence-electron chi connectivity index (χ2n) is 6.47. The summed E-state index contributed by atoms with van der Waals surface area (Å²) in [5.41, 5.74) is 2.47. The van der Waals surface area contributed by atoms with Crippen molar-refractivity contribution in [3.05, 3.63) is 59.8 Å². The molecule has 28 heavy (non-hydrogen) atoms. The summed E-state index contributed by atoms with van der Waals surface area (Å²) in [6, 6.07) is 14.5. The van der Waals surface area contributed by atoms with Gasteiger partial charge in [-0.2, -0.15) is 0 Å². The van der Waals surface area contributed by atoms with Crippen molar-refractivity contribution in [3.8, 4) is 0 Å². The second-order valence-corrected chi connectivity index (χ2v) is 6.47. The van der Waals surface area contributed by atoms with Gasteiger partial charge in [-0.15, -0.1) is 24.0 Å². The van der Waals surface area contributed by atoms with Crippen LogP contribution in [0.25, 0.3) is 0 Å². The predicted molar refractivity (Wildman–Crippen MR) is 125 cm³/mol. The molecule has 1 aromatic heterocycles. The molecule has 0 unspecified atom stereocenters. The van der Waals surface area contributed by atoms with Gasteiger partial charge in [-0.05, 0) is 30.2 Å². The fourth-order valence-corrected chi connectivity index (χ4v) is 3.28. The summed E-state index contributed by atoms with van der Waals surface area (Å²) in [5, 5.41) is 3.51. The van der Waals surface area contributed by atoms with E-state index in [-0.39, 0.29) is 24.0 Å². The zero-order chi connectivity index (χ0) is 18.9. The number of halogens is 1. The summed E-state index contributed by atoms with van der Waals surface area (Å²) in [7, 11) is 1.85. The molecular weight excluding hydrogens is 465 g/mol. The minimum atomic E-state index is 0. The van der Waals surface area contributed by atoms with Gasteiger partial charge in [0.15, 0.2) is 5.96 Å². The molecule has 1 aliphatic rings. The van der Waals surface area contributed by atoms with E-state index < -0.39 is 0 Å². The molecule has 0 radical (unpaired) electrons. The fourth-order valence-electron chi connectivity index (χ4n) is 3.28. The van der Waals surface area contributed by atoms with E-state index in [0.29, 0.717) is 6.61 Å². The van der Waals surface area contributed by atoms with Gasteiger partial charge in [0.1, 0.15) is 5.82 Å². The number of rotatable bonds is 6. The van der Waals surface area contributed by atoms with Gasteiger partial charge in [-0.1, -0.05) is 30.3 Å². The van der Waals surface area contributed by atoms with Gasteiger partial charge in [0.05, 0.1) is 6.61 Å². The number of nitrogens with one attached hydrogen (secondary N) is 1. The summed E-state index contributed by atoms with van der Waals surface area (Å²) in [5.74, 6) is 1.99. The molecule has 1 aliphatic heterocycles. The number of aliphatic imine (C=N–C) groups is 1. The monoisotopic (exact) mass is 495 g/mol. The van der Waals surface area contributed by atoms with Crippen LogP contribution in [0.2, 0.25) is 0 Å². The van der Waals surface area contributed by atoms with E-state index >= 15 is 0 Å². The zero-order valence-electron chi connectivity index (χ0n) is 16.7. The number of ether oxygens (including phenoxy) is 1. The van der Waals surface area contributed by atoms with E-state index in [4.69, 9.17) is 4.74 Å². The van der Waals surface area contributed by atoms with Crippen LogP contribution in [0.1, 0.15) is 18.1 Å². The highest BCUT2D eigenvalue weighted by atomic mass is 127. The molecule has 6 nitrogen and oxygen atoms in total. The Labute approximate surface area is 185 Å². The minimum absolute atomic E-state index is 0. The van der Waals surface area contributed by atoms with Crippen molar-refractivity contribution in [2.75, 3.05) is 44.7 Å². The summed E-state index contributed by atoms with van der Waals surface area (Å²) in [4.78, 5) is 13.6. The lowest BCUT2D eigenvalue weighted by molar-refractivity contribution is 0.133. The SMILES string of the molecule is CCOCc1ccccc1CNC(=NC)N1CCN(c2ccccn2)CC1.I. The van der Waals surface area contributed by atoms with Crippen molar-refractivity contribution in [2.24, 2.45) is 4.99 Å². The van der Waals surface area contributed by atoms with Gasteiger partial charge in [0, 0.05) is 52.6 Å². The first-order valence-corrected chi connectivity index (χ1v) is 9.58. The van der Waals surface area contributed by atoms with Crippen LogP contribution in [0.4, 0.5) is 5.82 Å². The van der Waals surface area contributed by atoms with Crippen molar-refractivity contribution in [1.29, 1.82) is 0 Å². The van der Waals surface area contributed by atoms with Crippen LogP contribution >= 0.6 is 24.0 Å². The third kappa shape index (κ3) is 6.07. The molecule has 1 N–H and O–H groups in total. The average Bonchev–Trinajstić information content (AvgIpc) is 2.74. The Morgan fingerprint density at radius 2 is 1.79 bits per heavy atom. The third-order valence-corrected chi connectivity index (χ3v) is 4.78. The number of hydrogen-bond donors (Lipinski definition) is 1. The van der Waals surface area contributed by atoms with Crippen molar-refractivity contribution >= 4 is 35.8 Å². The van der Waals surface area contributed by atoms with Crippen LogP contribution in [0, 0.1) is 0 Å². The molecule has 0 spiro atoms. The van der Waals surface area contributed by atoms with Crippen molar-refractivity contribution in [2.45, 2.75) is 20.1 Å². The molecular formula is C21H30IN5O. The van der Waals surface area contributed by atoms with Crippen LogP contribution in [0.5, 0.6) is 0 Å². The molecule has 1 fully saturated rings. The zero-order valence-corrected chi connectivity index (χ0v) is 19.0. The summed E-state index contributed by atoms with van der Waals surface area (Å²) < 4.78 is 5.58. The van der Waals surface area contributed by atoms with Gasteiger partial charge in [-0.3, -0.25) is 4.99 Å². The topological polar surface area (TPSA) is 53.0 Å². The van der Waals surface area contributed by atoms with Crippen molar-refractivity contribution in [1.82, 2.24) is 15.2 Å². The Kier molecular flexibility index (Phi) is 9.49. The Bertz CT molecular complexity index is 733. The van der Waals surface area contributed by atoms with Crippen LogP contribution < -0.4 is 10.2 Å². The molecule has 2 aromatic rings. The maximum atomic E-state index is 5.58. The largest absolute Gasteiger partial charge is 0.377 e. The molecule has 7 heteroatoms. The first-order valence-electron chi connectivity index (χ1n) is 9.58. The van der Waals surface area contributed by atoms with E-state index in [1.165, 1.54) is 11.1 Å². The smallest absolute Gasteiger partial charge is 0.194 e. The Morgan fingerprint density at radius 3 is 2.43 bits per heavy atom. The highest BCUT2D eigenvalue weighted by Crippen LogP contribution is 2.13. The summed E-state index contributed by atoms with van der Waals surface area (Å²) in [6.07, 6.45) is 1.85. The summed E-state index contributed by atoms with van der Waals surface area (Å²) in [6.45, 7) is 7.88. The number of hydrogen-bond acceptors (Lipinski definition) is 4. The van der Waals surface area contributed by atoms with Crippen molar-refractivity contribution in [3.63, 3.8) is 0 Å². The van der Waals surface area contributed by atoms with Crippen LogP contribution in [0.15, 0.2) is 53.7 Å². The highest BCUT2D eigenvalue weighted by Gasteiger charge is 2.20. The van der Waals surface area contributed by atoms with Crippen molar-refractivity contribution < 1.29 is 4.74 Å². The molecule has 152 valence electrons. The van der Waals surface area contributed by atoms with Gasteiger partial charge in [0.25, 0.3) is 0 Å². The molecule has 0 aliphatic carbocycles. The number of guanidine groups is 1. The first-order chi connectivity index (χ1) is 13.3. The van der Waals surface area contributed by atoms with Crippen LogP contribution in [-0.2, 0) is 17.9 Å². The number of nitrogens with zero attached hydrogens (tertiary/aromatic N) is 4. The normalized spacial score (nSPS) is 14.6. The predicted octanol–water partition coefficient (Wildman–Crippen LogP) is 3.13. The maximum Gasteiger partial charge on any atom is 0.194 e. The van der Waals surface area contributed by atoms with E-state index in [1.807, 2.05) is 32.3 Å². The fraction of sp³-hybridized carbons (Fsp3) is 0.429. The molecule has 3 rings (SSSR count). The number of pyridine rings is 1. The van der Waals surface area contributed by atoms with E-state index in [0.717, 1.165) is 51.1 Å². The quantitative estimate of drug-likeness (QED) is 0.379. The van der Waals surface area contributed by atoms with Gasteiger partial charge < -0.3 is 19.9 Å². The minimum Gasteiger partial charge on any atom is -0.377 e. The maximum absolute atomic E-state index is 5.58. The lowest BCUT2D eigenvalue weighted by Crippen LogP contribution is -2.52. The standard InChI is InChI=1S/C21H29N5O.HI/c1-3-27-17-19-9-5-4-8-18(19)16-24-21(22-2)26-14-12-25(13-15-26)20-10-6-7-11-23-20;/h4-11H,3,12-17H2,1-2H3,(H,22,24);1H. The molecule has 0 saturated carbocycles.